The number of nitriles is 1. The van der Waals surface area contributed by atoms with Crippen LogP contribution in [0.25, 0.3) is 0 Å². The summed E-state index contributed by atoms with van der Waals surface area (Å²) < 4.78 is 5.57. The van der Waals surface area contributed by atoms with E-state index in [2.05, 4.69) is 11.4 Å². The Bertz CT molecular complexity index is 245. The van der Waals surface area contributed by atoms with Gasteiger partial charge in [-0.05, 0) is 44.6 Å². The van der Waals surface area contributed by atoms with E-state index >= 15 is 0 Å². The van der Waals surface area contributed by atoms with Crippen molar-refractivity contribution in [1.82, 2.24) is 5.32 Å². The van der Waals surface area contributed by atoms with Gasteiger partial charge in [0.15, 0.2) is 0 Å². The van der Waals surface area contributed by atoms with E-state index in [1.807, 2.05) is 0 Å². The van der Waals surface area contributed by atoms with E-state index in [-0.39, 0.29) is 5.92 Å². The maximum Gasteiger partial charge on any atom is 0.0672 e. The van der Waals surface area contributed by atoms with Crippen LogP contribution < -0.4 is 5.32 Å². The summed E-state index contributed by atoms with van der Waals surface area (Å²) in [5.41, 5.74) is 0. The Morgan fingerprint density at radius 1 is 1.25 bits per heavy atom. The topological polar surface area (TPSA) is 45.0 Å². The van der Waals surface area contributed by atoms with Crippen LogP contribution in [-0.4, -0.2) is 25.8 Å². The molecule has 1 N–H and O–H groups in total. The van der Waals surface area contributed by atoms with Crippen molar-refractivity contribution in [3.63, 3.8) is 0 Å². The van der Waals surface area contributed by atoms with E-state index in [0.717, 1.165) is 38.5 Å². The number of hydrogen-bond donors (Lipinski definition) is 1. The lowest BCUT2D eigenvalue weighted by molar-refractivity contribution is 0.121. The van der Waals surface area contributed by atoms with Gasteiger partial charge in [-0.25, -0.2) is 0 Å². The van der Waals surface area contributed by atoms with Crippen molar-refractivity contribution in [2.24, 2.45) is 11.8 Å². The molecule has 0 aromatic rings. The lowest BCUT2D eigenvalue weighted by Gasteiger charge is -2.15. The average Bonchev–Trinajstić information content (AvgIpc) is 3.01. The third-order valence-corrected chi connectivity index (χ3v) is 3.60. The first-order valence-corrected chi connectivity index (χ1v) is 6.61. The van der Waals surface area contributed by atoms with Gasteiger partial charge in [-0.3, -0.25) is 0 Å². The average molecular weight is 222 g/mol. The van der Waals surface area contributed by atoms with Crippen LogP contribution in [0.5, 0.6) is 0 Å². The smallest absolute Gasteiger partial charge is 0.0672 e. The van der Waals surface area contributed by atoms with Crippen LogP contribution in [0.2, 0.25) is 0 Å². The van der Waals surface area contributed by atoms with Crippen molar-refractivity contribution in [2.75, 3.05) is 19.8 Å². The van der Waals surface area contributed by atoms with E-state index in [1.54, 1.807) is 0 Å². The zero-order valence-corrected chi connectivity index (χ0v) is 9.95. The largest absolute Gasteiger partial charge is 0.381 e. The first kappa shape index (κ1) is 11.9. The van der Waals surface area contributed by atoms with Gasteiger partial charge < -0.3 is 10.1 Å². The van der Waals surface area contributed by atoms with Crippen molar-refractivity contribution in [3.05, 3.63) is 0 Å². The first-order valence-electron chi connectivity index (χ1n) is 6.61. The van der Waals surface area contributed by atoms with Crippen molar-refractivity contribution < 1.29 is 4.74 Å². The summed E-state index contributed by atoms with van der Waals surface area (Å²) >= 11 is 0. The van der Waals surface area contributed by atoms with Crippen LogP contribution in [-0.2, 0) is 4.74 Å². The highest BCUT2D eigenvalue weighted by Gasteiger charge is 2.26. The van der Waals surface area contributed by atoms with Crippen LogP contribution in [0, 0.1) is 23.2 Å². The molecule has 2 saturated carbocycles. The van der Waals surface area contributed by atoms with Gasteiger partial charge in [0.2, 0.25) is 0 Å². The maximum absolute atomic E-state index is 8.93. The minimum atomic E-state index is 0.243. The molecule has 16 heavy (non-hydrogen) atoms. The molecular weight excluding hydrogens is 200 g/mol. The molecule has 0 heterocycles. The van der Waals surface area contributed by atoms with Gasteiger partial charge in [0.05, 0.1) is 12.0 Å². The Morgan fingerprint density at radius 2 is 2.12 bits per heavy atom. The zero-order valence-electron chi connectivity index (χ0n) is 9.95. The third kappa shape index (κ3) is 3.77. The molecular formula is C13H22N2O. The van der Waals surface area contributed by atoms with Crippen LogP contribution >= 0.6 is 0 Å². The molecule has 90 valence electrons. The van der Waals surface area contributed by atoms with Crippen LogP contribution in [0.3, 0.4) is 0 Å². The quantitative estimate of drug-likeness (QED) is 0.671. The second kappa shape index (κ2) is 6.22. The van der Waals surface area contributed by atoms with Gasteiger partial charge in [0.1, 0.15) is 0 Å². The summed E-state index contributed by atoms with van der Waals surface area (Å²) in [7, 11) is 0. The van der Waals surface area contributed by atoms with E-state index in [9.17, 15) is 0 Å². The molecule has 0 aromatic carbocycles. The molecule has 0 amide bonds. The molecule has 0 aromatic heterocycles. The Morgan fingerprint density at radius 3 is 2.88 bits per heavy atom. The molecule has 2 aliphatic carbocycles. The number of hydrogen-bond acceptors (Lipinski definition) is 3. The first-order chi connectivity index (χ1) is 7.90. The highest BCUT2D eigenvalue weighted by molar-refractivity contribution is 4.96. The lowest BCUT2D eigenvalue weighted by atomic mass is 10.1. The van der Waals surface area contributed by atoms with Crippen molar-refractivity contribution in [2.45, 2.75) is 44.6 Å². The fourth-order valence-electron chi connectivity index (χ4n) is 2.36. The Labute approximate surface area is 98.2 Å². The normalized spacial score (nSPS) is 29.2. The molecule has 0 radical (unpaired) electrons. The number of ether oxygens (including phenoxy) is 1. The van der Waals surface area contributed by atoms with Gasteiger partial charge in [-0.15, -0.1) is 0 Å². The van der Waals surface area contributed by atoms with E-state index in [0.29, 0.717) is 6.04 Å². The van der Waals surface area contributed by atoms with Gasteiger partial charge in [-0.2, -0.15) is 5.26 Å². The molecule has 2 rings (SSSR count). The van der Waals surface area contributed by atoms with Crippen molar-refractivity contribution in [1.29, 1.82) is 5.26 Å². The predicted octanol–water partition coefficient (Wildman–Crippen LogP) is 2.08. The summed E-state index contributed by atoms with van der Waals surface area (Å²) in [6.07, 6.45) is 7.25. The lowest BCUT2D eigenvalue weighted by Crippen LogP contribution is -2.32. The van der Waals surface area contributed by atoms with E-state index in [4.69, 9.17) is 10.00 Å². The molecule has 3 nitrogen and oxygen atoms in total. The number of nitrogens with zero attached hydrogens (tertiary/aromatic N) is 1. The van der Waals surface area contributed by atoms with Crippen LogP contribution in [0.15, 0.2) is 0 Å². The van der Waals surface area contributed by atoms with Crippen LogP contribution in [0.4, 0.5) is 0 Å². The van der Waals surface area contributed by atoms with Crippen molar-refractivity contribution >= 4 is 0 Å². The minimum absolute atomic E-state index is 0.243. The standard InChI is InChI=1S/C13H22N2O/c14-9-12-3-1-4-13(12)15-7-2-8-16-10-11-5-6-11/h11-13,15H,1-8,10H2. The van der Waals surface area contributed by atoms with E-state index < -0.39 is 0 Å². The fourth-order valence-corrected chi connectivity index (χ4v) is 2.36. The molecule has 3 heteroatoms. The predicted molar refractivity (Wildman–Crippen MR) is 62.9 cm³/mol. The molecule has 2 unspecified atom stereocenters. The van der Waals surface area contributed by atoms with Gasteiger partial charge >= 0.3 is 0 Å². The third-order valence-electron chi connectivity index (χ3n) is 3.60. The van der Waals surface area contributed by atoms with Gasteiger partial charge in [0, 0.05) is 19.3 Å². The maximum atomic E-state index is 8.93. The van der Waals surface area contributed by atoms with Crippen molar-refractivity contribution in [3.8, 4) is 6.07 Å². The summed E-state index contributed by atoms with van der Waals surface area (Å²) in [5.74, 6) is 1.11. The number of nitrogens with one attached hydrogen (secondary N) is 1. The molecule has 2 fully saturated rings. The summed E-state index contributed by atoms with van der Waals surface area (Å²) in [5, 5.41) is 12.4. The monoisotopic (exact) mass is 222 g/mol. The summed E-state index contributed by atoms with van der Waals surface area (Å²) in [6, 6.07) is 2.83. The SMILES string of the molecule is N#CC1CCCC1NCCCOCC1CC1. The summed E-state index contributed by atoms with van der Waals surface area (Å²) in [4.78, 5) is 0. The van der Waals surface area contributed by atoms with E-state index in [1.165, 1.54) is 25.7 Å². The molecule has 2 atom stereocenters. The Kier molecular flexibility index (Phi) is 4.62. The van der Waals surface area contributed by atoms with Gasteiger partial charge in [0.25, 0.3) is 0 Å². The highest BCUT2D eigenvalue weighted by atomic mass is 16.5. The Hall–Kier alpha value is -0.590. The van der Waals surface area contributed by atoms with Crippen LogP contribution in [0.1, 0.15) is 38.5 Å². The Balaban J connectivity index is 1.45. The molecule has 0 spiro atoms. The fraction of sp³-hybridized carbons (Fsp3) is 0.923. The molecule has 0 bridgehead atoms. The highest BCUT2D eigenvalue weighted by Crippen LogP contribution is 2.28. The minimum Gasteiger partial charge on any atom is -0.381 e. The zero-order chi connectivity index (χ0) is 11.2. The number of rotatable bonds is 7. The second-order valence-corrected chi connectivity index (χ2v) is 5.10. The van der Waals surface area contributed by atoms with Gasteiger partial charge in [-0.1, -0.05) is 6.42 Å². The second-order valence-electron chi connectivity index (χ2n) is 5.10. The molecule has 0 aliphatic heterocycles. The summed E-state index contributed by atoms with van der Waals surface area (Å²) in [6.45, 7) is 2.82. The molecule has 0 saturated heterocycles. The molecule has 2 aliphatic rings.